The lowest BCUT2D eigenvalue weighted by molar-refractivity contribution is 0.199. The number of para-hydroxylation sites is 1. The molecule has 0 spiro atoms. The van der Waals surface area contributed by atoms with Gasteiger partial charge in [0.2, 0.25) is 0 Å². The summed E-state index contributed by atoms with van der Waals surface area (Å²) in [6.45, 7) is 5.61. The number of hydrogen-bond donors (Lipinski definition) is 1. The summed E-state index contributed by atoms with van der Waals surface area (Å²) in [6, 6.07) is 7.64. The molecule has 0 saturated heterocycles. The minimum absolute atomic E-state index is 0.0378. The third-order valence-corrected chi connectivity index (χ3v) is 5.29. The van der Waals surface area contributed by atoms with Crippen molar-refractivity contribution >= 4 is 9.84 Å². The highest BCUT2D eigenvalue weighted by Crippen LogP contribution is 2.17. The second-order valence-electron chi connectivity index (χ2n) is 5.04. The molecule has 0 radical (unpaired) electrons. The molecule has 0 aliphatic rings. The molecular formula is C15H25NO4S. The Morgan fingerprint density at radius 1 is 1.19 bits per heavy atom. The Bertz CT molecular complexity index is 514. The molecule has 0 aromatic heterocycles. The number of nitrogens with one attached hydrogen (secondary N) is 1. The van der Waals surface area contributed by atoms with Crippen molar-refractivity contribution < 1.29 is 17.9 Å². The quantitative estimate of drug-likeness (QED) is 0.665. The van der Waals surface area contributed by atoms with Crippen LogP contribution in [0, 0.1) is 0 Å². The van der Waals surface area contributed by atoms with Gasteiger partial charge in [0, 0.05) is 25.8 Å². The molecule has 0 atom stereocenters. The lowest BCUT2D eigenvalue weighted by atomic mass is 10.2. The molecule has 0 fully saturated rings. The van der Waals surface area contributed by atoms with Crippen LogP contribution >= 0.6 is 0 Å². The predicted molar refractivity (Wildman–Crippen MR) is 84.4 cm³/mol. The van der Waals surface area contributed by atoms with Gasteiger partial charge in [-0.3, -0.25) is 0 Å². The van der Waals surface area contributed by atoms with Gasteiger partial charge in [-0.05, 0) is 19.9 Å². The van der Waals surface area contributed by atoms with Crippen molar-refractivity contribution in [3.05, 3.63) is 29.8 Å². The summed E-state index contributed by atoms with van der Waals surface area (Å²) < 4.78 is 34.1. The Kier molecular flexibility index (Phi) is 7.71. The van der Waals surface area contributed by atoms with Crippen molar-refractivity contribution in [2.45, 2.75) is 25.6 Å². The average molecular weight is 315 g/mol. The highest BCUT2D eigenvalue weighted by Gasteiger charge is 2.16. The molecule has 0 heterocycles. The van der Waals surface area contributed by atoms with Gasteiger partial charge in [0.25, 0.3) is 0 Å². The van der Waals surface area contributed by atoms with Gasteiger partial charge in [0.05, 0.1) is 17.6 Å². The Morgan fingerprint density at radius 2 is 1.90 bits per heavy atom. The summed E-state index contributed by atoms with van der Waals surface area (Å²) in [5.74, 6) is 0.761. The maximum Gasteiger partial charge on any atom is 0.155 e. The fourth-order valence-corrected chi connectivity index (χ4v) is 2.48. The first kappa shape index (κ1) is 17.9. The number of methoxy groups -OCH3 is 1. The molecule has 0 amide bonds. The molecule has 6 heteroatoms. The number of ether oxygens (including phenoxy) is 2. The van der Waals surface area contributed by atoms with E-state index in [2.05, 4.69) is 5.32 Å². The maximum atomic E-state index is 11.7. The van der Waals surface area contributed by atoms with Crippen LogP contribution in [0.25, 0.3) is 0 Å². The summed E-state index contributed by atoms with van der Waals surface area (Å²) in [5, 5.41) is 2.88. The van der Waals surface area contributed by atoms with Crippen molar-refractivity contribution in [2.24, 2.45) is 0 Å². The van der Waals surface area contributed by atoms with Crippen LogP contribution in [0.2, 0.25) is 0 Å². The third kappa shape index (κ3) is 6.46. The van der Waals surface area contributed by atoms with Gasteiger partial charge in [-0.15, -0.1) is 0 Å². The van der Waals surface area contributed by atoms with E-state index in [-0.39, 0.29) is 17.6 Å². The molecule has 1 aromatic carbocycles. The topological polar surface area (TPSA) is 64.6 Å². The van der Waals surface area contributed by atoms with Gasteiger partial charge in [-0.1, -0.05) is 18.2 Å². The van der Waals surface area contributed by atoms with E-state index in [0.29, 0.717) is 13.2 Å². The second-order valence-corrected chi connectivity index (χ2v) is 7.72. The van der Waals surface area contributed by atoms with E-state index < -0.39 is 9.84 Å². The van der Waals surface area contributed by atoms with Crippen molar-refractivity contribution in [1.29, 1.82) is 0 Å². The largest absolute Gasteiger partial charge is 0.492 e. The van der Waals surface area contributed by atoms with Crippen LogP contribution in [-0.2, 0) is 21.1 Å². The third-order valence-electron chi connectivity index (χ3n) is 3.11. The van der Waals surface area contributed by atoms with E-state index in [1.54, 1.807) is 21.0 Å². The molecule has 21 heavy (non-hydrogen) atoms. The van der Waals surface area contributed by atoms with Crippen LogP contribution in [-0.4, -0.2) is 46.3 Å². The maximum absolute atomic E-state index is 11.7. The van der Waals surface area contributed by atoms with Crippen molar-refractivity contribution in [2.75, 3.05) is 32.6 Å². The Balaban J connectivity index is 2.51. The lowest BCUT2D eigenvalue weighted by Gasteiger charge is -2.13. The van der Waals surface area contributed by atoms with E-state index in [1.807, 2.05) is 24.3 Å². The van der Waals surface area contributed by atoms with Crippen LogP contribution in [0.4, 0.5) is 0 Å². The first-order valence-corrected chi connectivity index (χ1v) is 8.81. The highest BCUT2D eigenvalue weighted by atomic mass is 32.2. The Labute approximate surface area is 127 Å². The van der Waals surface area contributed by atoms with Gasteiger partial charge in [0.1, 0.15) is 12.4 Å². The fourth-order valence-electron chi connectivity index (χ4n) is 1.69. The minimum Gasteiger partial charge on any atom is -0.492 e. The fraction of sp³-hybridized carbons (Fsp3) is 0.600. The summed E-state index contributed by atoms with van der Waals surface area (Å²) in [5.41, 5.74) is 1.01. The van der Waals surface area contributed by atoms with E-state index >= 15 is 0 Å². The molecule has 0 unspecified atom stereocenters. The normalized spacial score (nSPS) is 11.8. The summed E-state index contributed by atoms with van der Waals surface area (Å²) in [7, 11) is -1.40. The van der Waals surface area contributed by atoms with Crippen LogP contribution in [0.3, 0.4) is 0 Å². The van der Waals surface area contributed by atoms with Crippen molar-refractivity contribution in [1.82, 2.24) is 5.32 Å². The highest BCUT2D eigenvalue weighted by molar-refractivity contribution is 7.91. The molecule has 5 nitrogen and oxygen atoms in total. The smallest absolute Gasteiger partial charge is 0.155 e. The van der Waals surface area contributed by atoms with E-state index in [1.165, 1.54) is 0 Å². The molecule has 0 aliphatic carbocycles. The molecule has 1 N–H and O–H groups in total. The van der Waals surface area contributed by atoms with Crippen LogP contribution in [0.1, 0.15) is 19.4 Å². The zero-order valence-electron chi connectivity index (χ0n) is 13.0. The van der Waals surface area contributed by atoms with Crippen molar-refractivity contribution in [3.8, 4) is 5.75 Å². The molecule has 0 bridgehead atoms. The van der Waals surface area contributed by atoms with E-state index in [0.717, 1.165) is 17.9 Å². The number of sulfone groups is 1. The van der Waals surface area contributed by atoms with Crippen LogP contribution in [0.5, 0.6) is 5.75 Å². The first-order valence-electron chi connectivity index (χ1n) is 7.09. The first-order chi connectivity index (χ1) is 9.97. The zero-order chi connectivity index (χ0) is 15.7. The zero-order valence-corrected chi connectivity index (χ0v) is 13.8. The van der Waals surface area contributed by atoms with Gasteiger partial charge in [-0.25, -0.2) is 8.42 Å². The van der Waals surface area contributed by atoms with Crippen LogP contribution in [0.15, 0.2) is 24.3 Å². The number of rotatable bonds is 10. The summed E-state index contributed by atoms with van der Waals surface area (Å²) in [6.07, 6.45) is 0. The molecule has 120 valence electrons. The number of benzene rings is 1. The molecular weight excluding hydrogens is 290 g/mol. The molecule has 0 saturated carbocycles. The Morgan fingerprint density at radius 3 is 2.57 bits per heavy atom. The van der Waals surface area contributed by atoms with Crippen LogP contribution < -0.4 is 10.1 Å². The Hall–Kier alpha value is -1.11. The lowest BCUT2D eigenvalue weighted by Crippen LogP contribution is -2.22. The molecule has 1 aromatic rings. The SMILES string of the molecule is COCCNCc1ccccc1OCCS(=O)(=O)C(C)C. The average Bonchev–Trinajstić information content (AvgIpc) is 2.44. The molecule has 1 rings (SSSR count). The van der Waals surface area contributed by atoms with Gasteiger partial charge >= 0.3 is 0 Å². The van der Waals surface area contributed by atoms with Gasteiger partial charge in [-0.2, -0.15) is 0 Å². The van der Waals surface area contributed by atoms with E-state index in [9.17, 15) is 8.42 Å². The summed E-state index contributed by atoms with van der Waals surface area (Å²) >= 11 is 0. The number of hydrogen-bond acceptors (Lipinski definition) is 5. The monoisotopic (exact) mass is 315 g/mol. The minimum atomic E-state index is -3.06. The van der Waals surface area contributed by atoms with Crippen molar-refractivity contribution in [3.63, 3.8) is 0 Å². The summed E-state index contributed by atoms with van der Waals surface area (Å²) in [4.78, 5) is 0. The van der Waals surface area contributed by atoms with Gasteiger partial charge < -0.3 is 14.8 Å². The van der Waals surface area contributed by atoms with E-state index in [4.69, 9.17) is 9.47 Å². The van der Waals surface area contributed by atoms with Gasteiger partial charge in [0.15, 0.2) is 9.84 Å². The predicted octanol–water partition coefficient (Wildman–Crippen LogP) is 1.62. The second kappa shape index (κ2) is 9.02. The standard InChI is InChI=1S/C15H25NO4S/c1-13(2)21(17,18)11-10-20-15-7-5-4-6-14(15)12-16-8-9-19-3/h4-7,13,16H,8-12H2,1-3H3. The molecule has 0 aliphatic heterocycles.